The zero-order chi connectivity index (χ0) is 15.0. The Morgan fingerprint density at radius 2 is 1.85 bits per heavy atom. The summed E-state index contributed by atoms with van der Waals surface area (Å²) in [7, 11) is 0. The largest absolute Gasteiger partial charge is 0.506 e. The minimum atomic E-state index is -0.618. The molecular weight excluding hydrogens is 323 g/mol. The van der Waals surface area contributed by atoms with Gasteiger partial charge in [-0.1, -0.05) is 30.1 Å². The molecule has 2 atom stereocenters. The molecule has 4 nitrogen and oxygen atoms in total. The predicted molar refractivity (Wildman–Crippen MR) is 80.3 cm³/mol. The smallest absolute Gasteiger partial charge is 0.247 e. The van der Waals surface area contributed by atoms with E-state index in [1.807, 2.05) is 13.8 Å². The zero-order valence-corrected chi connectivity index (χ0v) is 13.4. The van der Waals surface area contributed by atoms with Crippen LogP contribution in [0.4, 0.5) is 0 Å². The molecule has 1 aliphatic rings. The van der Waals surface area contributed by atoms with Gasteiger partial charge in [0.2, 0.25) is 5.91 Å². The number of hydrogen-bond acceptors (Lipinski definition) is 3. The Kier molecular flexibility index (Phi) is 4.69. The Hall–Kier alpha value is -0.680. The van der Waals surface area contributed by atoms with Gasteiger partial charge in [-0.2, -0.15) is 5.01 Å². The first-order valence-corrected chi connectivity index (χ1v) is 7.51. The van der Waals surface area contributed by atoms with Crippen LogP contribution in [-0.4, -0.2) is 39.6 Å². The van der Waals surface area contributed by atoms with Gasteiger partial charge in [-0.3, -0.25) is 9.80 Å². The van der Waals surface area contributed by atoms with E-state index in [0.29, 0.717) is 23.7 Å². The molecule has 0 aliphatic carbocycles. The van der Waals surface area contributed by atoms with Crippen molar-refractivity contribution in [2.45, 2.75) is 25.3 Å². The molecule has 1 fully saturated rings. The Morgan fingerprint density at radius 3 is 2.35 bits per heavy atom. The van der Waals surface area contributed by atoms with E-state index in [-0.39, 0.29) is 16.7 Å². The number of alkyl halides is 1. The van der Waals surface area contributed by atoms with Gasteiger partial charge in [0.1, 0.15) is 11.3 Å². The van der Waals surface area contributed by atoms with Crippen molar-refractivity contribution in [2.75, 3.05) is 13.1 Å². The van der Waals surface area contributed by atoms with Gasteiger partial charge in [0.05, 0.1) is 10.9 Å². The first kappa shape index (κ1) is 15.7. The Bertz CT molecular complexity index is 539. The first-order valence-electron chi connectivity index (χ1n) is 6.32. The molecule has 1 aromatic carbocycles. The lowest BCUT2D eigenvalue weighted by Crippen LogP contribution is -2.40. The number of aromatic hydroxyl groups is 1. The minimum absolute atomic E-state index is 0.110. The third-order valence-electron chi connectivity index (χ3n) is 3.42. The van der Waals surface area contributed by atoms with Crippen LogP contribution in [0.15, 0.2) is 12.1 Å². The van der Waals surface area contributed by atoms with E-state index in [1.165, 1.54) is 12.1 Å². The van der Waals surface area contributed by atoms with Gasteiger partial charge in [0.15, 0.2) is 0 Å². The number of amides is 1. The molecule has 1 saturated heterocycles. The fourth-order valence-electron chi connectivity index (χ4n) is 2.47. The molecule has 1 heterocycles. The van der Waals surface area contributed by atoms with Gasteiger partial charge < -0.3 is 5.11 Å². The second-order valence-corrected chi connectivity index (χ2v) is 5.75. The molecule has 7 heteroatoms. The number of benzene rings is 1. The highest BCUT2D eigenvalue weighted by Crippen LogP contribution is 2.41. The fourth-order valence-corrected chi connectivity index (χ4v) is 3.45. The SMILES string of the molecule is CCN1C(=O)C(c2cc(O)c(Cl)cc2Cl)C(Cl)N1CC. The summed E-state index contributed by atoms with van der Waals surface area (Å²) in [6, 6.07) is 2.84. The molecule has 1 amide bonds. The molecule has 0 radical (unpaired) electrons. The average molecular weight is 338 g/mol. The zero-order valence-electron chi connectivity index (χ0n) is 11.1. The third kappa shape index (κ3) is 2.46. The van der Waals surface area contributed by atoms with Gasteiger partial charge in [-0.05, 0) is 24.6 Å². The van der Waals surface area contributed by atoms with Crippen molar-refractivity contribution in [3.05, 3.63) is 27.7 Å². The lowest BCUT2D eigenvalue weighted by atomic mass is 9.98. The molecule has 0 spiro atoms. The molecule has 0 bridgehead atoms. The quantitative estimate of drug-likeness (QED) is 0.678. The number of carbonyl (C=O) groups is 1. The predicted octanol–water partition coefficient (Wildman–Crippen LogP) is 3.45. The summed E-state index contributed by atoms with van der Waals surface area (Å²) in [5.74, 6) is -0.856. The number of halogens is 3. The van der Waals surface area contributed by atoms with Crippen LogP contribution >= 0.6 is 34.8 Å². The van der Waals surface area contributed by atoms with E-state index in [0.717, 1.165) is 0 Å². The Morgan fingerprint density at radius 1 is 1.20 bits per heavy atom. The van der Waals surface area contributed by atoms with Crippen molar-refractivity contribution in [1.29, 1.82) is 0 Å². The van der Waals surface area contributed by atoms with Gasteiger partial charge >= 0.3 is 0 Å². The van der Waals surface area contributed by atoms with E-state index in [9.17, 15) is 9.90 Å². The van der Waals surface area contributed by atoms with E-state index < -0.39 is 11.4 Å². The highest BCUT2D eigenvalue weighted by molar-refractivity contribution is 6.36. The van der Waals surface area contributed by atoms with Crippen molar-refractivity contribution in [3.63, 3.8) is 0 Å². The van der Waals surface area contributed by atoms with E-state index in [4.69, 9.17) is 34.8 Å². The van der Waals surface area contributed by atoms with Crippen molar-refractivity contribution >= 4 is 40.7 Å². The standard InChI is InChI=1S/C13H15Cl3N2O2/c1-3-17-12(16)11(13(20)18(17)4-2)7-5-10(19)9(15)6-8(7)14/h5-6,11-12,19H,3-4H2,1-2H3. The molecule has 2 unspecified atom stereocenters. The molecule has 110 valence electrons. The number of nitrogens with zero attached hydrogens (tertiary/aromatic N) is 2. The normalized spacial score (nSPS) is 23.6. The van der Waals surface area contributed by atoms with Gasteiger partial charge in [-0.25, -0.2) is 0 Å². The second-order valence-electron chi connectivity index (χ2n) is 4.49. The number of phenolic OH excluding ortho intramolecular Hbond substituents is 1. The molecule has 1 aromatic rings. The van der Waals surface area contributed by atoms with Gasteiger partial charge in [0, 0.05) is 18.1 Å². The van der Waals surface area contributed by atoms with Gasteiger partial charge in [-0.15, -0.1) is 11.6 Å². The summed E-state index contributed by atoms with van der Waals surface area (Å²) in [5.41, 5.74) is -0.0431. The van der Waals surface area contributed by atoms with Crippen LogP contribution in [0.2, 0.25) is 10.0 Å². The maximum absolute atomic E-state index is 12.5. The van der Waals surface area contributed by atoms with Crippen LogP contribution in [0, 0.1) is 0 Å². The maximum atomic E-state index is 12.5. The maximum Gasteiger partial charge on any atom is 0.247 e. The Balaban J connectivity index is 2.47. The van der Waals surface area contributed by atoms with E-state index >= 15 is 0 Å². The van der Waals surface area contributed by atoms with E-state index in [1.54, 1.807) is 10.0 Å². The summed E-state index contributed by atoms with van der Waals surface area (Å²) in [4.78, 5) is 12.5. The molecule has 0 saturated carbocycles. The highest BCUT2D eigenvalue weighted by atomic mass is 35.5. The summed E-state index contributed by atoms with van der Waals surface area (Å²) in [5, 5.41) is 13.6. The number of phenols is 1. The van der Waals surface area contributed by atoms with Crippen molar-refractivity contribution in [3.8, 4) is 5.75 Å². The van der Waals surface area contributed by atoms with Crippen molar-refractivity contribution in [2.24, 2.45) is 0 Å². The molecule has 1 N–H and O–H groups in total. The van der Waals surface area contributed by atoms with Crippen LogP contribution in [0.5, 0.6) is 5.75 Å². The number of carbonyl (C=O) groups excluding carboxylic acids is 1. The fraction of sp³-hybridized carbons (Fsp3) is 0.462. The molecule has 20 heavy (non-hydrogen) atoms. The average Bonchev–Trinajstić information content (AvgIpc) is 2.64. The number of hydrazine groups is 1. The molecule has 1 aliphatic heterocycles. The third-order valence-corrected chi connectivity index (χ3v) is 4.52. The van der Waals surface area contributed by atoms with Gasteiger partial charge in [0.25, 0.3) is 0 Å². The minimum Gasteiger partial charge on any atom is -0.506 e. The topological polar surface area (TPSA) is 43.8 Å². The van der Waals surface area contributed by atoms with E-state index in [2.05, 4.69) is 0 Å². The van der Waals surface area contributed by atoms with Crippen LogP contribution in [0.25, 0.3) is 0 Å². The second kappa shape index (κ2) is 5.98. The molecule has 0 aromatic heterocycles. The Labute approximate surface area is 132 Å². The molecular formula is C13H15Cl3N2O2. The summed E-state index contributed by atoms with van der Waals surface area (Å²) in [6.45, 7) is 4.95. The van der Waals surface area contributed by atoms with Crippen molar-refractivity contribution < 1.29 is 9.90 Å². The van der Waals surface area contributed by atoms with Crippen LogP contribution in [-0.2, 0) is 4.79 Å². The summed E-state index contributed by atoms with van der Waals surface area (Å²) >= 11 is 18.4. The van der Waals surface area contributed by atoms with Crippen molar-refractivity contribution in [1.82, 2.24) is 10.0 Å². The lowest BCUT2D eigenvalue weighted by molar-refractivity contribution is -0.138. The lowest BCUT2D eigenvalue weighted by Gasteiger charge is -2.27. The van der Waals surface area contributed by atoms with Crippen LogP contribution < -0.4 is 0 Å². The highest BCUT2D eigenvalue weighted by Gasteiger charge is 2.46. The summed E-state index contributed by atoms with van der Waals surface area (Å²) in [6.07, 6.45) is 0. The monoisotopic (exact) mass is 336 g/mol. The number of likely N-dealkylation sites (N-methyl/N-ethyl adjacent to an activating group) is 2. The number of rotatable bonds is 3. The summed E-state index contributed by atoms with van der Waals surface area (Å²) < 4.78 is 0. The molecule has 2 rings (SSSR count). The van der Waals surface area contributed by atoms with Crippen LogP contribution in [0.3, 0.4) is 0 Å². The number of hydrogen-bond donors (Lipinski definition) is 1. The first-order chi connectivity index (χ1) is 9.42. The van der Waals surface area contributed by atoms with Crippen LogP contribution in [0.1, 0.15) is 25.3 Å².